The quantitative estimate of drug-likeness (QED) is 0.236. The van der Waals surface area contributed by atoms with Crippen LogP contribution in [0.15, 0.2) is 65.4 Å². The van der Waals surface area contributed by atoms with Crippen molar-refractivity contribution >= 4 is 23.3 Å². The third-order valence-corrected chi connectivity index (χ3v) is 7.81. The number of ether oxygens (including phenoxy) is 2. The van der Waals surface area contributed by atoms with E-state index >= 15 is 0 Å². The Morgan fingerprint density at radius 3 is 2.23 bits per heavy atom. The van der Waals surface area contributed by atoms with Crippen molar-refractivity contribution in [1.29, 1.82) is 0 Å². The van der Waals surface area contributed by atoms with Gasteiger partial charge in [0.1, 0.15) is 24.7 Å². The Hall–Kier alpha value is -3.10. The van der Waals surface area contributed by atoms with E-state index in [1.165, 1.54) is 47.7 Å². The summed E-state index contributed by atoms with van der Waals surface area (Å²) in [5, 5.41) is 3.76. The lowest BCUT2D eigenvalue weighted by Crippen LogP contribution is -2.65. The van der Waals surface area contributed by atoms with E-state index in [-0.39, 0.29) is 17.8 Å². The third-order valence-electron chi connectivity index (χ3n) is 7.13. The fourth-order valence-corrected chi connectivity index (χ4v) is 5.97. The molecule has 0 saturated carbocycles. The molecule has 0 radical (unpaired) electrons. The Balaban J connectivity index is 1.30. The highest BCUT2D eigenvalue weighted by molar-refractivity contribution is 7.08. The molecule has 2 bridgehead atoms. The number of hydrogen-bond acceptors (Lipinski definition) is 5. The van der Waals surface area contributed by atoms with Gasteiger partial charge in [0.05, 0.1) is 13.1 Å². The largest absolute Gasteiger partial charge is 0.509 e. The van der Waals surface area contributed by atoms with Crippen LogP contribution in [0.5, 0.6) is 0 Å². The molecule has 0 spiro atoms. The molecule has 1 aromatic heterocycles. The lowest BCUT2D eigenvalue weighted by molar-refractivity contribution is -0.938. The predicted molar refractivity (Wildman–Crippen MR) is 127 cm³/mol. The Labute approximate surface area is 206 Å². The van der Waals surface area contributed by atoms with E-state index in [1.807, 2.05) is 16.8 Å². The number of halogens is 2. The highest BCUT2D eigenvalue weighted by Crippen LogP contribution is 2.37. The van der Waals surface area contributed by atoms with Crippen molar-refractivity contribution in [2.45, 2.75) is 25.0 Å². The molecule has 1 unspecified atom stereocenters. The zero-order valence-electron chi connectivity index (χ0n) is 19.1. The maximum Gasteiger partial charge on any atom is 0.509 e. The second kappa shape index (κ2) is 9.87. The number of thiophene rings is 1. The molecule has 3 saturated heterocycles. The summed E-state index contributed by atoms with van der Waals surface area (Å²) in [7, 11) is 0. The predicted octanol–water partition coefficient (Wildman–Crippen LogP) is 5.76. The highest BCUT2D eigenvalue weighted by Gasteiger charge is 2.49. The molecule has 3 aliphatic rings. The minimum absolute atomic E-state index is 0.102. The van der Waals surface area contributed by atoms with Gasteiger partial charge in [-0.1, -0.05) is 24.3 Å². The summed E-state index contributed by atoms with van der Waals surface area (Å²) in [4.78, 5) is 25.7. The van der Waals surface area contributed by atoms with Crippen LogP contribution < -0.4 is 0 Å². The molecule has 0 aliphatic carbocycles. The van der Waals surface area contributed by atoms with E-state index in [1.54, 1.807) is 12.1 Å². The Morgan fingerprint density at radius 2 is 1.66 bits per heavy atom. The molecule has 0 amide bonds. The van der Waals surface area contributed by atoms with E-state index < -0.39 is 23.9 Å². The molecular weight excluding hydrogens is 472 g/mol. The van der Waals surface area contributed by atoms with Crippen LogP contribution in [0.25, 0.3) is 0 Å². The van der Waals surface area contributed by atoms with Crippen LogP contribution in [0.4, 0.5) is 13.6 Å². The first-order valence-electron chi connectivity index (χ1n) is 11.7. The SMILES string of the molecule is O=C(OC(c1cccc(F)c1)c1cccc(F)c1)OC1C[N+]2(CC(=O)c3ccsc3)CCC1CC2. The summed E-state index contributed by atoms with van der Waals surface area (Å²) >= 11 is 1.50. The monoisotopic (exact) mass is 498 g/mol. The number of hydrogen-bond donors (Lipinski definition) is 0. The van der Waals surface area contributed by atoms with Crippen LogP contribution in [0.1, 0.15) is 40.4 Å². The normalized spacial score (nSPS) is 23.3. The first-order valence-corrected chi connectivity index (χ1v) is 12.6. The van der Waals surface area contributed by atoms with Gasteiger partial charge in [-0.05, 0) is 35.7 Å². The van der Waals surface area contributed by atoms with Gasteiger partial charge >= 0.3 is 6.16 Å². The van der Waals surface area contributed by atoms with Gasteiger partial charge in [-0.15, -0.1) is 0 Å². The van der Waals surface area contributed by atoms with Gasteiger partial charge in [0.2, 0.25) is 5.78 Å². The van der Waals surface area contributed by atoms with Crippen LogP contribution in [-0.4, -0.2) is 48.7 Å². The van der Waals surface area contributed by atoms with Gasteiger partial charge < -0.3 is 14.0 Å². The number of nitrogens with zero attached hydrogens (tertiary/aromatic N) is 1. The molecule has 4 heterocycles. The van der Waals surface area contributed by atoms with Crippen LogP contribution in [0.3, 0.4) is 0 Å². The van der Waals surface area contributed by atoms with Crippen molar-refractivity contribution in [2.75, 3.05) is 26.2 Å². The number of ketones is 1. The third kappa shape index (κ3) is 5.28. The molecule has 3 aliphatic heterocycles. The number of fused-ring (bicyclic) bond motifs is 3. The summed E-state index contributed by atoms with van der Waals surface area (Å²) < 4.78 is 39.8. The minimum Gasteiger partial charge on any atom is -0.425 e. The molecule has 0 N–H and O–H groups in total. The Kier molecular flexibility index (Phi) is 6.67. The highest BCUT2D eigenvalue weighted by atomic mass is 32.1. The lowest BCUT2D eigenvalue weighted by Gasteiger charge is -2.51. The van der Waals surface area contributed by atoms with Gasteiger partial charge in [-0.2, -0.15) is 11.3 Å². The lowest BCUT2D eigenvalue weighted by atomic mass is 9.83. The van der Waals surface area contributed by atoms with Crippen molar-refractivity contribution in [1.82, 2.24) is 0 Å². The van der Waals surface area contributed by atoms with Crippen LogP contribution >= 0.6 is 11.3 Å². The summed E-state index contributed by atoms with van der Waals surface area (Å²) in [5.41, 5.74) is 1.48. The van der Waals surface area contributed by atoms with Crippen molar-refractivity contribution in [3.8, 4) is 0 Å². The topological polar surface area (TPSA) is 52.6 Å². The van der Waals surface area contributed by atoms with Gasteiger partial charge in [-0.3, -0.25) is 4.79 Å². The van der Waals surface area contributed by atoms with Crippen LogP contribution in [-0.2, 0) is 9.47 Å². The van der Waals surface area contributed by atoms with E-state index in [0.29, 0.717) is 28.7 Å². The molecule has 6 rings (SSSR count). The molecule has 1 atom stereocenters. The second-order valence-electron chi connectivity index (χ2n) is 9.42. The zero-order valence-corrected chi connectivity index (χ0v) is 19.9. The van der Waals surface area contributed by atoms with E-state index in [0.717, 1.165) is 31.5 Å². The number of rotatable bonds is 7. The first kappa shape index (κ1) is 23.6. The summed E-state index contributed by atoms with van der Waals surface area (Å²) in [5.74, 6) is -0.661. The van der Waals surface area contributed by atoms with Gasteiger partial charge in [0, 0.05) is 40.8 Å². The fraction of sp³-hybridized carbons (Fsp3) is 0.333. The van der Waals surface area contributed by atoms with Crippen molar-refractivity contribution < 1.29 is 32.3 Å². The molecule has 3 fully saturated rings. The standard InChI is InChI=1S/C27H26F2NO4S/c28-22-5-1-3-19(13-22)26(20-4-2-6-23(29)14-20)34-27(32)33-25-16-30(10-7-18(25)8-11-30)15-24(31)21-9-12-35-17-21/h1-6,9,12-14,17-18,25-26H,7-8,10-11,15-16H2/q+1. The van der Waals surface area contributed by atoms with E-state index in [2.05, 4.69) is 0 Å². The number of quaternary nitrogens is 1. The number of piperidine rings is 3. The number of carbonyl (C=O) groups is 2. The van der Waals surface area contributed by atoms with Gasteiger partial charge in [0.25, 0.3) is 0 Å². The fourth-order valence-electron chi connectivity index (χ4n) is 5.31. The van der Waals surface area contributed by atoms with Gasteiger partial charge in [-0.25, -0.2) is 13.6 Å². The second-order valence-corrected chi connectivity index (χ2v) is 10.2. The maximum absolute atomic E-state index is 13.9. The molecule has 8 heteroatoms. The van der Waals surface area contributed by atoms with E-state index in [4.69, 9.17) is 9.47 Å². The van der Waals surface area contributed by atoms with Crippen LogP contribution in [0, 0.1) is 17.6 Å². The molecule has 2 aromatic carbocycles. The first-order chi connectivity index (χ1) is 16.9. The molecule has 35 heavy (non-hydrogen) atoms. The molecule has 5 nitrogen and oxygen atoms in total. The summed E-state index contributed by atoms with van der Waals surface area (Å²) in [6.45, 7) is 2.70. The number of carbonyl (C=O) groups excluding carboxylic acids is 2. The summed E-state index contributed by atoms with van der Waals surface area (Å²) in [6, 6.07) is 13.2. The molecule has 3 aromatic rings. The zero-order chi connectivity index (χ0) is 24.4. The molecule has 182 valence electrons. The average Bonchev–Trinajstić information content (AvgIpc) is 3.38. The Morgan fingerprint density at radius 1 is 1.00 bits per heavy atom. The Bertz CT molecular complexity index is 1160. The average molecular weight is 499 g/mol. The van der Waals surface area contributed by atoms with E-state index in [9.17, 15) is 18.4 Å². The van der Waals surface area contributed by atoms with Gasteiger partial charge in [0.15, 0.2) is 12.2 Å². The smallest absolute Gasteiger partial charge is 0.425 e. The minimum atomic E-state index is -1.02. The van der Waals surface area contributed by atoms with Crippen molar-refractivity contribution in [3.63, 3.8) is 0 Å². The number of Topliss-reactive ketones (excluding diaryl/α,β-unsaturated/α-hetero) is 1. The van der Waals surface area contributed by atoms with Crippen LogP contribution in [0.2, 0.25) is 0 Å². The molecular formula is C27H26F2NO4S+. The van der Waals surface area contributed by atoms with Crippen molar-refractivity contribution in [3.05, 3.63) is 93.7 Å². The number of benzene rings is 2. The summed E-state index contributed by atoms with van der Waals surface area (Å²) in [6.07, 6.45) is -0.540. The van der Waals surface area contributed by atoms with Crippen molar-refractivity contribution in [2.24, 2.45) is 5.92 Å². The maximum atomic E-state index is 13.9.